The molecule has 5 heterocycles. The van der Waals surface area contributed by atoms with Crippen molar-refractivity contribution in [3.05, 3.63) is 42.5 Å². The predicted molar refractivity (Wildman–Crippen MR) is 95.7 cm³/mol. The molecule has 0 aliphatic carbocycles. The van der Waals surface area contributed by atoms with Gasteiger partial charge in [-0.1, -0.05) is 0 Å². The number of amides is 1. The van der Waals surface area contributed by atoms with E-state index in [2.05, 4.69) is 21.0 Å². The molecule has 3 aromatic heterocycles. The van der Waals surface area contributed by atoms with E-state index < -0.39 is 6.10 Å². The first-order chi connectivity index (χ1) is 12.7. The van der Waals surface area contributed by atoms with Crippen LogP contribution >= 0.6 is 0 Å². The fraction of sp³-hybridized carbons (Fsp3) is 0.316. The highest BCUT2D eigenvalue weighted by Gasteiger charge is 2.35. The lowest BCUT2D eigenvalue weighted by Crippen LogP contribution is -2.36. The number of aliphatic hydroxyl groups is 1. The summed E-state index contributed by atoms with van der Waals surface area (Å²) in [5.41, 5.74) is 4.32. The minimum Gasteiger partial charge on any atom is -0.390 e. The summed E-state index contributed by atoms with van der Waals surface area (Å²) in [7, 11) is 0. The third-order valence-corrected chi connectivity index (χ3v) is 5.17. The number of nitrogens with zero attached hydrogens (tertiary/aromatic N) is 3. The van der Waals surface area contributed by atoms with Crippen LogP contribution in [0, 0.1) is 5.92 Å². The number of anilines is 1. The number of aromatic amines is 1. The number of hydrogen-bond donors (Lipinski definition) is 2. The van der Waals surface area contributed by atoms with E-state index in [9.17, 15) is 9.90 Å². The topological polar surface area (TPSA) is 91.3 Å². The van der Waals surface area contributed by atoms with Crippen LogP contribution < -0.4 is 4.90 Å². The van der Waals surface area contributed by atoms with Gasteiger partial charge in [0, 0.05) is 47.6 Å². The number of pyridine rings is 2. The maximum absolute atomic E-state index is 12.5. The number of rotatable bonds is 3. The number of carbonyl (C=O) groups is 1. The number of fused-ring (bicyclic) bond motifs is 2. The normalized spacial score (nSPS) is 22.3. The molecule has 3 aromatic rings. The first-order valence-corrected chi connectivity index (χ1v) is 8.67. The van der Waals surface area contributed by atoms with Crippen molar-refractivity contribution in [2.45, 2.75) is 12.5 Å². The minimum absolute atomic E-state index is 0.0166. The summed E-state index contributed by atoms with van der Waals surface area (Å²) in [5.74, 6) is -0.0469. The van der Waals surface area contributed by atoms with E-state index in [0.717, 1.165) is 33.5 Å². The van der Waals surface area contributed by atoms with Gasteiger partial charge < -0.3 is 19.7 Å². The van der Waals surface area contributed by atoms with Gasteiger partial charge in [-0.25, -0.2) is 4.98 Å². The molecule has 7 heteroatoms. The number of H-pyrrole nitrogens is 1. The molecule has 132 valence electrons. The number of nitrogens with one attached hydrogen (secondary N) is 1. The molecule has 2 atom stereocenters. The van der Waals surface area contributed by atoms with Crippen LogP contribution in [0.5, 0.6) is 0 Å². The Morgan fingerprint density at radius 3 is 2.92 bits per heavy atom. The fourth-order valence-electron chi connectivity index (χ4n) is 3.68. The Bertz CT molecular complexity index is 999. The van der Waals surface area contributed by atoms with Gasteiger partial charge in [0.25, 0.3) is 0 Å². The molecule has 26 heavy (non-hydrogen) atoms. The van der Waals surface area contributed by atoms with Gasteiger partial charge >= 0.3 is 0 Å². The first kappa shape index (κ1) is 15.5. The molecule has 0 bridgehead atoms. The average molecular weight is 350 g/mol. The Labute approximate surface area is 149 Å². The monoisotopic (exact) mass is 350 g/mol. The van der Waals surface area contributed by atoms with E-state index in [-0.39, 0.29) is 11.8 Å². The SMILES string of the molecule is O=C1Cc2ncc(-c3cnc4[nH]ccc4c3)cc2N1C[C@@H]1COC[C@H]1O. The quantitative estimate of drug-likeness (QED) is 0.747. The number of ether oxygens (including phenoxy) is 1. The Hall–Kier alpha value is -2.77. The van der Waals surface area contributed by atoms with Crippen LogP contribution in [-0.4, -0.2) is 51.8 Å². The molecule has 0 aromatic carbocycles. The highest BCUT2D eigenvalue weighted by atomic mass is 16.5. The van der Waals surface area contributed by atoms with E-state index in [0.29, 0.717) is 26.2 Å². The molecular weight excluding hydrogens is 332 g/mol. The summed E-state index contributed by atoms with van der Waals surface area (Å²) < 4.78 is 5.31. The van der Waals surface area contributed by atoms with E-state index in [1.54, 1.807) is 17.3 Å². The fourth-order valence-corrected chi connectivity index (χ4v) is 3.68. The van der Waals surface area contributed by atoms with Crippen molar-refractivity contribution in [1.82, 2.24) is 15.0 Å². The van der Waals surface area contributed by atoms with Crippen LogP contribution in [-0.2, 0) is 16.0 Å². The zero-order valence-corrected chi connectivity index (χ0v) is 14.1. The second-order valence-corrected chi connectivity index (χ2v) is 6.88. The van der Waals surface area contributed by atoms with E-state index in [1.165, 1.54) is 0 Å². The van der Waals surface area contributed by atoms with Crippen molar-refractivity contribution in [3.8, 4) is 11.1 Å². The zero-order chi connectivity index (χ0) is 17.7. The van der Waals surface area contributed by atoms with E-state index in [1.807, 2.05) is 18.3 Å². The molecule has 1 saturated heterocycles. The second kappa shape index (κ2) is 5.89. The van der Waals surface area contributed by atoms with Crippen LogP contribution in [0.15, 0.2) is 36.8 Å². The standard InChI is InChI=1S/C19H18N4O3/c24-17-10-26-9-14(17)8-23-16-4-13(6-21-15(16)5-18(23)25)12-3-11-1-2-20-19(11)22-7-12/h1-4,6-7,14,17,24H,5,8-10H2,(H,20,22)/t14-,17-/m1/s1. The molecule has 2 N–H and O–H groups in total. The summed E-state index contributed by atoms with van der Waals surface area (Å²) >= 11 is 0. The summed E-state index contributed by atoms with van der Waals surface area (Å²) in [5, 5.41) is 11.0. The molecule has 0 radical (unpaired) electrons. The lowest BCUT2D eigenvalue weighted by atomic mass is 10.1. The van der Waals surface area contributed by atoms with Crippen molar-refractivity contribution in [1.29, 1.82) is 0 Å². The Balaban J connectivity index is 1.50. The lowest BCUT2D eigenvalue weighted by molar-refractivity contribution is -0.117. The summed E-state index contributed by atoms with van der Waals surface area (Å²) in [6, 6.07) is 6.02. The van der Waals surface area contributed by atoms with E-state index >= 15 is 0 Å². The van der Waals surface area contributed by atoms with Gasteiger partial charge in [-0.15, -0.1) is 0 Å². The predicted octanol–water partition coefficient (Wildman–Crippen LogP) is 1.52. The molecule has 2 aliphatic rings. The molecule has 5 rings (SSSR count). The van der Waals surface area contributed by atoms with Crippen LogP contribution in [0.3, 0.4) is 0 Å². The summed E-state index contributed by atoms with van der Waals surface area (Å²) in [6.07, 6.45) is 5.23. The maximum atomic E-state index is 12.5. The molecule has 1 amide bonds. The van der Waals surface area contributed by atoms with Crippen LogP contribution in [0.25, 0.3) is 22.2 Å². The van der Waals surface area contributed by atoms with Gasteiger partial charge in [-0.05, 0) is 18.2 Å². The van der Waals surface area contributed by atoms with Gasteiger partial charge in [-0.3, -0.25) is 9.78 Å². The van der Waals surface area contributed by atoms with Gasteiger partial charge in [0.1, 0.15) is 5.65 Å². The number of hydrogen-bond acceptors (Lipinski definition) is 5. The molecular formula is C19H18N4O3. The van der Waals surface area contributed by atoms with Gasteiger partial charge in [0.2, 0.25) is 5.91 Å². The molecule has 0 spiro atoms. The third kappa shape index (κ3) is 2.48. The largest absolute Gasteiger partial charge is 0.390 e. The van der Waals surface area contributed by atoms with Crippen LogP contribution in [0.2, 0.25) is 0 Å². The number of aliphatic hydroxyl groups excluding tert-OH is 1. The third-order valence-electron chi connectivity index (χ3n) is 5.17. The molecule has 1 fully saturated rings. The highest BCUT2D eigenvalue weighted by molar-refractivity contribution is 6.01. The summed E-state index contributed by atoms with van der Waals surface area (Å²) in [6.45, 7) is 1.26. The van der Waals surface area contributed by atoms with Crippen molar-refractivity contribution >= 4 is 22.6 Å². The van der Waals surface area contributed by atoms with Gasteiger partial charge in [0.15, 0.2) is 0 Å². The second-order valence-electron chi connectivity index (χ2n) is 6.88. The molecule has 7 nitrogen and oxygen atoms in total. The van der Waals surface area contributed by atoms with Crippen molar-refractivity contribution in [2.24, 2.45) is 5.92 Å². The maximum Gasteiger partial charge on any atom is 0.233 e. The van der Waals surface area contributed by atoms with Crippen molar-refractivity contribution in [2.75, 3.05) is 24.7 Å². The van der Waals surface area contributed by atoms with Crippen LogP contribution in [0.4, 0.5) is 5.69 Å². The lowest BCUT2D eigenvalue weighted by Gasteiger charge is -2.22. The minimum atomic E-state index is -0.525. The number of carbonyl (C=O) groups excluding carboxylic acids is 1. The Kier molecular flexibility index (Phi) is 3.51. The smallest absolute Gasteiger partial charge is 0.233 e. The van der Waals surface area contributed by atoms with Crippen LogP contribution in [0.1, 0.15) is 5.69 Å². The van der Waals surface area contributed by atoms with E-state index in [4.69, 9.17) is 4.74 Å². The zero-order valence-electron chi connectivity index (χ0n) is 14.1. The van der Waals surface area contributed by atoms with Crippen molar-refractivity contribution < 1.29 is 14.6 Å². The average Bonchev–Trinajstić information content (AvgIpc) is 3.34. The van der Waals surface area contributed by atoms with Gasteiger partial charge in [0.05, 0.1) is 37.1 Å². The molecule has 0 unspecified atom stereocenters. The Morgan fingerprint density at radius 2 is 2.08 bits per heavy atom. The number of aromatic nitrogens is 3. The van der Waals surface area contributed by atoms with Gasteiger partial charge in [-0.2, -0.15) is 0 Å². The molecule has 2 aliphatic heterocycles. The van der Waals surface area contributed by atoms with Crippen molar-refractivity contribution in [3.63, 3.8) is 0 Å². The first-order valence-electron chi connectivity index (χ1n) is 8.67. The highest BCUT2D eigenvalue weighted by Crippen LogP contribution is 2.33. The molecule has 0 saturated carbocycles. The summed E-state index contributed by atoms with van der Waals surface area (Å²) in [4.78, 5) is 26.2. The Morgan fingerprint density at radius 1 is 1.23 bits per heavy atom.